The second-order valence-electron chi connectivity index (χ2n) is 3.48. The molecule has 2 rings (SSSR count). The third-order valence-corrected chi connectivity index (χ3v) is 2.62. The number of nitrogens with two attached hydrogens (primary N) is 1. The molecular formula is C9H15N3O. The van der Waals surface area contributed by atoms with Crippen LogP contribution in [0.25, 0.3) is 0 Å². The van der Waals surface area contributed by atoms with Crippen LogP contribution < -0.4 is 5.73 Å². The minimum absolute atomic E-state index is 0.539. The molecule has 0 bridgehead atoms. The van der Waals surface area contributed by atoms with Crippen LogP contribution in [0.3, 0.4) is 0 Å². The van der Waals surface area contributed by atoms with Crippen LogP contribution in [0, 0.1) is 0 Å². The molecule has 4 nitrogen and oxygen atoms in total. The molecule has 0 amide bonds. The van der Waals surface area contributed by atoms with Crippen LogP contribution in [0.5, 0.6) is 0 Å². The van der Waals surface area contributed by atoms with E-state index in [2.05, 4.69) is 9.88 Å². The zero-order valence-electron chi connectivity index (χ0n) is 7.65. The number of likely N-dealkylation sites (tertiary alicyclic amines) is 1. The van der Waals surface area contributed by atoms with Crippen molar-refractivity contribution in [2.24, 2.45) is 5.73 Å². The zero-order chi connectivity index (χ0) is 9.10. The van der Waals surface area contributed by atoms with Gasteiger partial charge in [0.15, 0.2) is 6.39 Å². The summed E-state index contributed by atoms with van der Waals surface area (Å²) >= 11 is 0. The Balaban J connectivity index is 1.94. The van der Waals surface area contributed by atoms with Crippen LogP contribution in [0.15, 0.2) is 17.1 Å². The maximum atomic E-state index is 5.67. The van der Waals surface area contributed by atoms with Crippen molar-refractivity contribution in [3.8, 4) is 0 Å². The van der Waals surface area contributed by atoms with Crippen LogP contribution in [-0.4, -0.2) is 29.0 Å². The third-order valence-electron chi connectivity index (χ3n) is 2.62. The molecule has 1 unspecified atom stereocenters. The van der Waals surface area contributed by atoms with Gasteiger partial charge in [-0.3, -0.25) is 4.90 Å². The lowest BCUT2D eigenvalue weighted by Gasteiger charge is -2.21. The Bertz CT molecular complexity index is 247. The summed E-state index contributed by atoms with van der Waals surface area (Å²) in [6, 6.07) is 0.539. The quantitative estimate of drug-likeness (QED) is 0.741. The molecule has 1 fully saturated rings. The molecule has 1 aromatic rings. The molecule has 0 aliphatic carbocycles. The van der Waals surface area contributed by atoms with Crippen LogP contribution in [0.1, 0.15) is 18.5 Å². The molecule has 13 heavy (non-hydrogen) atoms. The Morgan fingerprint density at radius 2 is 2.62 bits per heavy atom. The summed E-state index contributed by atoms with van der Waals surface area (Å²) in [5.41, 5.74) is 6.67. The maximum absolute atomic E-state index is 5.67. The van der Waals surface area contributed by atoms with Gasteiger partial charge in [0.1, 0.15) is 6.26 Å². The Morgan fingerprint density at radius 1 is 1.69 bits per heavy atom. The fourth-order valence-corrected chi connectivity index (χ4v) is 1.89. The Kier molecular flexibility index (Phi) is 2.61. The van der Waals surface area contributed by atoms with Gasteiger partial charge in [-0.2, -0.15) is 0 Å². The molecule has 0 radical (unpaired) electrons. The SMILES string of the molecule is NCC1CCCN1Cc1cocn1. The predicted molar refractivity (Wildman–Crippen MR) is 49.0 cm³/mol. The first kappa shape index (κ1) is 8.72. The zero-order valence-corrected chi connectivity index (χ0v) is 7.65. The summed E-state index contributed by atoms with van der Waals surface area (Å²) in [5.74, 6) is 0. The monoisotopic (exact) mass is 181 g/mol. The third kappa shape index (κ3) is 1.89. The van der Waals surface area contributed by atoms with Gasteiger partial charge in [0, 0.05) is 19.1 Å². The van der Waals surface area contributed by atoms with E-state index in [1.807, 2.05) is 0 Å². The number of aromatic nitrogens is 1. The van der Waals surface area contributed by atoms with Crippen LogP contribution >= 0.6 is 0 Å². The average Bonchev–Trinajstić information content (AvgIpc) is 2.76. The highest BCUT2D eigenvalue weighted by Crippen LogP contribution is 2.18. The summed E-state index contributed by atoms with van der Waals surface area (Å²) in [7, 11) is 0. The summed E-state index contributed by atoms with van der Waals surface area (Å²) in [6.45, 7) is 2.75. The predicted octanol–water partition coefficient (Wildman–Crippen LogP) is 0.598. The van der Waals surface area contributed by atoms with Crippen LogP contribution in [-0.2, 0) is 6.54 Å². The first-order valence-corrected chi connectivity index (χ1v) is 4.71. The molecule has 2 heterocycles. The van der Waals surface area contributed by atoms with Crippen molar-refractivity contribution in [2.75, 3.05) is 13.1 Å². The Morgan fingerprint density at radius 3 is 3.31 bits per heavy atom. The van der Waals surface area contributed by atoms with E-state index in [1.54, 1.807) is 6.26 Å². The number of oxazole rings is 1. The molecule has 1 aliphatic rings. The van der Waals surface area contributed by atoms with Crippen LogP contribution in [0.4, 0.5) is 0 Å². The van der Waals surface area contributed by atoms with Crippen molar-refractivity contribution in [1.29, 1.82) is 0 Å². The molecular weight excluding hydrogens is 166 g/mol. The Hall–Kier alpha value is -0.870. The minimum Gasteiger partial charge on any atom is -0.451 e. The highest BCUT2D eigenvalue weighted by atomic mass is 16.3. The number of hydrogen-bond acceptors (Lipinski definition) is 4. The van der Waals surface area contributed by atoms with Gasteiger partial charge in [-0.25, -0.2) is 4.98 Å². The highest BCUT2D eigenvalue weighted by molar-refractivity contribution is 4.93. The Labute approximate surface area is 77.7 Å². The van der Waals surface area contributed by atoms with Crippen molar-refractivity contribution in [3.05, 3.63) is 18.4 Å². The summed E-state index contributed by atoms with van der Waals surface area (Å²) in [6.07, 6.45) is 5.64. The van der Waals surface area contributed by atoms with Crippen molar-refractivity contribution in [1.82, 2.24) is 9.88 Å². The molecule has 2 N–H and O–H groups in total. The van der Waals surface area contributed by atoms with E-state index in [4.69, 9.17) is 10.2 Å². The molecule has 0 saturated carbocycles. The van der Waals surface area contributed by atoms with E-state index in [9.17, 15) is 0 Å². The van der Waals surface area contributed by atoms with E-state index in [0.717, 1.165) is 25.3 Å². The number of hydrogen-bond donors (Lipinski definition) is 1. The van der Waals surface area contributed by atoms with Gasteiger partial charge in [-0.1, -0.05) is 0 Å². The molecule has 72 valence electrons. The van der Waals surface area contributed by atoms with Gasteiger partial charge in [0.25, 0.3) is 0 Å². The van der Waals surface area contributed by atoms with E-state index in [1.165, 1.54) is 19.2 Å². The normalized spacial score (nSPS) is 23.9. The minimum atomic E-state index is 0.539. The topological polar surface area (TPSA) is 55.3 Å². The molecule has 1 saturated heterocycles. The molecule has 1 aromatic heterocycles. The summed E-state index contributed by atoms with van der Waals surface area (Å²) < 4.78 is 4.92. The first-order valence-electron chi connectivity index (χ1n) is 4.71. The average molecular weight is 181 g/mol. The smallest absolute Gasteiger partial charge is 0.180 e. The van der Waals surface area contributed by atoms with Gasteiger partial charge in [-0.15, -0.1) is 0 Å². The highest BCUT2D eigenvalue weighted by Gasteiger charge is 2.23. The van der Waals surface area contributed by atoms with Gasteiger partial charge in [0.05, 0.1) is 5.69 Å². The fraction of sp³-hybridized carbons (Fsp3) is 0.667. The summed E-state index contributed by atoms with van der Waals surface area (Å²) in [5, 5.41) is 0. The standard InChI is InChI=1S/C9H15N3O/c10-4-9-2-1-3-12(9)5-8-6-13-7-11-8/h6-7,9H,1-5,10H2. The van der Waals surface area contributed by atoms with E-state index < -0.39 is 0 Å². The molecule has 1 aliphatic heterocycles. The van der Waals surface area contributed by atoms with E-state index in [-0.39, 0.29) is 0 Å². The van der Waals surface area contributed by atoms with Crippen LogP contribution in [0.2, 0.25) is 0 Å². The van der Waals surface area contributed by atoms with E-state index >= 15 is 0 Å². The van der Waals surface area contributed by atoms with Crippen molar-refractivity contribution < 1.29 is 4.42 Å². The van der Waals surface area contributed by atoms with E-state index in [0.29, 0.717) is 6.04 Å². The van der Waals surface area contributed by atoms with Gasteiger partial charge >= 0.3 is 0 Å². The lowest BCUT2D eigenvalue weighted by Crippen LogP contribution is -2.34. The largest absolute Gasteiger partial charge is 0.451 e. The van der Waals surface area contributed by atoms with Gasteiger partial charge in [0.2, 0.25) is 0 Å². The second kappa shape index (κ2) is 3.89. The lowest BCUT2D eigenvalue weighted by atomic mass is 10.2. The van der Waals surface area contributed by atoms with Gasteiger partial charge in [-0.05, 0) is 19.4 Å². The molecule has 1 atom stereocenters. The molecule has 0 aromatic carbocycles. The fourth-order valence-electron chi connectivity index (χ4n) is 1.89. The van der Waals surface area contributed by atoms with Crippen molar-refractivity contribution in [3.63, 3.8) is 0 Å². The molecule has 0 spiro atoms. The number of rotatable bonds is 3. The first-order chi connectivity index (χ1) is 6.40. The molecule has 4 heteroatoms. The second-order valence-corrected chi connectivity index (χ2v) is 3.48. The maximum Gasteiger partial charge on any atom is 0.180 e. The van der Waals surface area contributed by atoms with Crippen molar-refractivity contribution in [2.45, 2.75) is 25.4 Å². The summed E-state index contributed by atoms with van der Waals surface area (Å²) in [4.78, 5) is 6.47. The van der Waals surface area contributed by atoms with Gasteiger partial charge < -0.3 is 10.2 Å². The van der Waals surface area contributed by atoms with Crippen molar-refractivity contribution >= 4 is 0 Å². The number of nitrogens with zero attached hydrogens (tertiary/aromatic N) is 2. The lowest BCUT2D eigenvalue weighted by molar-refractivity contribution is 0.247.